The maximum atomic E-state index is 13.1. The maximum absolute atomic E-state index is 13.1. The number of benzene rings is 1. The Morgan fingerprint density at radius 1 is 1.39 bits per heavy atom. The summed E-state index contributed by atoms with van der Waals surface area (Å²) in [6.07, 6.45) is 3.60. The zero-order valence-corrected chi connectivity index (χ0v) is 11.6. The van der Waals surface area contributed by atoms with Crippen molar-refractivity contribution in [2.24, 2.45) is 0 Å². The summed E-state index contributed by atoms with van der Waals surface area (Å²) in [4.78, 5) is 4.09. The third-order valence-corrected chi connectivity index (χ3v) is 3.39. The van der Waals surface area contributed by atoms with Crippen molar-refractivity contribution in [2.75, 3.05) is 0 Å². The second-order valence-corrected chi connectivity index (χ2v) is 4.99. The van der Waals surface area contributed by atoms with Crippen molar-refractivity contribution in [3.8, 4) is 0 Å². The molecule has 1 N–H and O–H groups in total. The number of nitrogens with one attached hydrogen (secondary N) is 1. The molecule has 0 fully saturated rings. The van der Waals surface area contributed by atoms with Crippen LogP contribution in [-0.2, 0) is 6.54 Å². The van der Waals surface area contributed by atoms with E-state index in [2.05, 4.69) is 33.2 Å². The molecular formula is C14H14BrFN2. The van der Waals surface area contributed by atoms with Gasteiger partial charge < -0.3 is 5.32 Å². The summed E-state index contributed by atoms with van der Waals surface area (Å²) in [5.74, 6) is -0.237. The second kappa shape index (κ2) is 6.07. The monoisotopic (exact) mass is 308 g/mol. The van der Waals surface area contributed by atoms with Gasteiger partial charge in [0.1, 0.15) is 5.82 Å². The summed E-state index contributed by atoms with van der Waals surface area (Å²) >= 11 is 3.19. The van der Waals surface area contributed by atoms with Gasteiger partial charge in [0.25, 0.3) is 0 Å². The molecule has 0 aliphatic rings. The predicted octanol–water partition coefficient (Wildman–Crippen LogP) is 3.83. The molecule has 0 aliphatic heterocycles. The highest BCUT2D eigenvalue weighted by Gasteiger charge is 2.05. The molecule has 18 heavy (non-hydrogen) atoms. The lowest BCUT2D eigenvalue weighted by molar-refractivity contribution is 0.570. The minimum atomic E-state index is -0.237. The van der Waals surface area contributed by atoms with E-state index in [1.807, 2.05) is 18.3 Å². The van der Waals surface area contributed by atoms with E-state index in [0.717, 1.165) is 11.1 Å². The first-order valence-corrected chi connectivity index (χ1v) is 6.53. The Labute approximate surface area is 114 Å². The molecule has 1 aromatic carbocycles. The van der Waals surface area contributed by atoms with Crippen LogP contribution in [0, 0.1) is 5.82 Å². The van der Waals surface area contributed by atoms with Crippen LogP contribution in [0.4, 0.5) is 4.39 Å². The Hall–Kier alpha value is -1.26. The van der Waals surface area contributed by atoms with E-state index in [4.69, 9.17) is 0 Å². The minimum absolute atomic E-state index is 0.211. The van der Waals surface area contributed by atoms with Crippen molar-refractivity contribution >= 4 is 15.9 Å². The molecule has 2 nitrogen and oxygen atoms in total. The number of halogens is 2. The molecular weight excluding hydrogens is 295 g/mol. The smallest absolute Gasteiger partial charge is 0.137 e. The average molecular weight is 309 g/mol. The first-order chi connectivity index (χ1) is 8.66. The molecule has 1 atom stereocenters. The summed E-state index contributed by atoms with van der Waals surface area (Å²) in [5.41, 5.74) is 2.18. The van der Waals surface area contributed by atoms with Crippen molar-refractivity contribution in [2.45, 2.75) is 19.5 Å². The summed E-state index contributed by atoms with van der Waals surface area (Å²) in [7, 11) is 0. The van der Waals surface area contributed by atoms with Gasteiger partial charge in [-0.05, 0) is 52.2 Å². The van der Waals surface area contributed by atoms with Gasteiger partial charge in [-0.2, -0.15) is 0 Å². The van der Waals surface area contributed by atoms with E-state index in [1.165, 1.54) is 6.07 Å². The fraction of sp³-hybridized carbons (Fsp3) is 0.214. The van der Waals surface area contributed by atoms with Crippen LogP contribution in [0.25, 0.3) is 0 Å². The van der Waals surface area contributed by atoms with Gasteiger partial charge in [0, 0.05) is 25.0 Å². The molecule has 0 bridgehead atoms. The van der Waals surface area contributed by atoms with Gasteiger partial charge >= 0.3 is 0 Å². The largest absolute Gasteiger partial charge is 0.306 e. The Morgan fingerprint density at radius 2 is 2.22 bits per heavy atom. The van der Waals surface area contributed by atoms with Crippen LogP contribution in [-0.4, -0.2) is 4.98 Å². The van der Waals surface area contributed by atoms with E-state index < -0.39 is 0 Å². The summed E-state index contributed by atoms with van der Waals surface area (Å²) in [6.45, 7) is 2.77. The van der Waals surface area contributed by atoms with E-state index in [-0.39, 0.29) is 11.9 Å². The number of aromatic nitrogens is 1. The maximum Gasteiger partial charge on any atom is 0.137 e. The van der Waals surface area contributed by atoms with Crippen molar-refractivity contribution in [3.05, 3.63) is 64.1 Å². The van der Waals surface area contributed by atoms with Gasteiger partial charge in [-0.15, -0.1) is 0 Å². The van der Waals surface area contributed by atoms with Crippen LogP contribution >= 0.6 is 15.9 Å². The van der Waals surface area contributed by atoms with Crippen molar-refractivity contribution in [3.63, 3.8) is 0 Å². The van der Waals surface area contributed by atoms with Crippen molar-refractivity contribution in [1.29, 1.82) is 0 Å². The van der Waals surface area contributed by atoms with Crippen LogP contribution in [0.5, 0.6) is 0 Å². The molecule has 2 rings (SSSR count). The summed E-state index contributed by atoms with van der Waals surface area (Å²) in [6, 6.07) is 9.20. The van der Waals surface area contributed by atoms with Gasteiger partial charge in [0.2, 0.25) is 0 Å². The van der Waals surface area contributed by atoms with E-state index in [0.29, 0.717) is 11.0 Å². The summed E-state index contributed by atoms with van der Waals surface area (Å²) < 4.78 is 13.6. The Morgan fingerprint density at radius 3 is 2.89 bits per heavy atom. The SMILES string of the molecule is C[C@H](NCc1ccc(F)c(Br)c1)c1cccnc1. The standard InChI is InChI=1S/C14H14BrFN2/c1-10(12-3-2-6-17-9-12)18-8-11-4-5-14(16)13(15)7-11/h2-7,9-10,18H,8H2,1H3/t10-/m0/s1. The highest BCUT2D eigenvalue weighted by atomic mass is 79.9. The number of hydrogen-bond donors (Lipinski definition) is 1. The minimum Gasteiger partial charge on any atom is -0.306 e. The molecule has 1 aromatic heterocycles. The van der Waals surface area contributed by atoms with Crippen LogP contribution < -0.4 is 5.32 Å². The lowest BCUT2D eigenvalue weighted by Gasteiger charge is -2.14. The molecule has 4 heteroatoms. The number of rotatable bonds is 4. The molecule has 2 aromatic rings. The lowest BCUT2D eigenvalue weighted by atomic mass is 10.1. The average Bonchev–Trinajstić information content (AvgIpc) is 2.41. The molecule has 0 unspecified atom stereocenters. The second-order valence-electron chi connectivity index (χ2n) is 4.14. The molecule has 0 saturated heterocycles. The van der Waals surface area contributed by atoms with Gasteiger partial charge in [-0.3, -0.25) is 4.98 Å². The number of hydrogen-bond acceptors (Lipinski definition) is 2. The van der Waals surface area contributed by atoms with Crippen molar-refractivity contribution in [1.82, 2.24) is 10.3 Å². The zero-order valence-electron chi connectivity index (χ0n) is 10.0. The van der Waals surface area contributed by atoms with Crippen molar-refractivity contribution < 1.29 is 4.39 Å². The van der Waals surface area contributed by atoms with E-state index >= 15 is 0 Å². The Bertz CT molecular complexity index is 516. The van der Waals surface area contributed by atoms with E-state index in [1.54, 1.807) is 18.3 Å². The molecule has 0 spiro atoms. The fourth-order valence-electron chi connectivity index (χ4n) is 1.67. The van der Waals surface area contributed by atoms with E-state index in [9.17, 15) is 4.39 Å². The van der Waals surface area contributed by atoms with Gasteiger partial charge in [-0.25, -0.2) is 4.39 Å². The third kappa shape index (κ3) is 3.37. The van der Waals surface area contributed by atoms with Gasteiger partial charge in [0.05, 0.1) is 4.47 Å². The quantitative estimate of drug-likeness (QED) is 0.928. The molecule has 94 valence electrons. The molecule has 0 aliphatic carbocycles. The highest BCUT2D eigenvalue weighted by molar-refractivity contribution is 9.10. The Balaban J connectivity index is 1.97. The normalized spacial score (nSPS) is 12.4. The number of pyridine rings is 1. The molecule has 0 radical (unpaired) electrons. The van der Waals surface area contributed by atoms with Crippen LogP contribution in [0.1, 0.15) is 24.1 Å². The topological polar surface area (TPSA) is 24.9 Å². The molecule has 1 heterocycles. The zero-order chi connectivity index (χ0) is 13.0. The summed E-state index contributed by atoms with van der Waals surface area (Å²) in [5, 5.41) is 3.38. The van der Waals surface area contributed by atoms with Crippen LogP contribution in [0.15, 0.2) is 47.2 Å². The Kier molecular flexibility index (Phi) is 4.44. The number of nitrogens with zero attached hydrogens (tertiary/aromatic N) is 1. The lowest BCUT2D eigenvalue weighted by Crippen LogP contribution is -2.18. The predicted molar refractivity (Wildman–Crippen MR) is 73.6 cm³/mol. The molecule has 0 amide bonds. The van der Waals surface area contributed by atoms with Gasteiger partial charge in [-0.1, -0.05) is 12.1 Å². The fourth-order valence-corrected chi connectivity index (χ4v) is 2.10. The first-order valence-electron chi connectivity index (χ1n) is 5.74. The van der Waals surface area contributed by atoms with Crippen LogP contribution in [0.3, 0.4) is 0 Å². The van der Waals surface area contributed by atoms with Gasteiger partial charge in [0.15, 0.2) is 0 Å². The first kappa shape index (κ1) is 13.2. The highest BCUT2D eigenvalue weighted by Crippen LogP contribution is 2.17. The molecule has 0 saturated carbocycles. The third-order valence-electron chi connectivity index (χ3n) is 2.78. The van der Waals surface area contributed by atoms with Crippen LogP contribution in [0.2, 0.25) is 0 Å².